The van der Waals surface area contributed by atoms with Crippen LogP contribution in [-0.2, 0) is 0 Å². The van der Waals surface area contributed by atoms with E-state index < -0.39 is 5.92 Å². The van der Waals surface area contributed by atoms with Gasteiger partial charge in [-0.3, -0.25) is 0 Å². The number of pyridine rings is 1. The number of nitrogens with two attached hydrogens (primary N) is 2. The molecule has 8 heteroatoms. The van der Waals surface area contributed by atoms with Crippen LogP contribution in [-0.4, -0.2) is 24.3 Å². The highest BCUT2D eigenvalue weighted by Crippen LogP contribution is 2.52. The molecule has 2 heterocycles. The number of nitrogen functional groups attached to an aromatic ring is 2. The van der Waals surface area contributed by atoms with Crippen molar-refractivity contribution in [2.75, 3.05) is 25.7 Å². The van der Waals surface area contributed by atoms with Gasteiger partial charge < -0.3 is 30.8 Å². The number of phenols is 1. The summed E-state index contributed by atoms with van der Waals surface area (Å²) >= 11 is 0. The summed E-state index contributed by atoms with van der Waals surface area (Å²) in [6.07, 6.45) is 0. The van der Waals surface area contributed by atoms with E-state index >= 15 is 0 Å². The lowest BCUT2D eigenvalue weighted by molar-refractivity contribution is 0.393. The number of ether oxygens (including phenoxy) is 3. The Morgan fingerprint density at radius 3 is 2.59 bits per heavy atom. The van der Waals surface area contributed by atoms with Crippen molar-refractivity contribution in [1.82, 2.24) is 4.98 Å². The zero-order valence-electron chi connectivity index (χ0n) is 15.8. The summed E-state index contributed by atoms with van der Waals surface area (Å²) in [6, 6.07) is 12.2. The number of nitriles is 1. The van der Waals surface area contributed by atoms with Crippen molar-refractivity contribution in [1.29, 1.82) is 5.26 Å². The first kappa shape index (κ1) is 18.3. The Kier molecular flexibility index (Phi) is 4.28. The number of rotatable bonds is 3. The van der Waals surface area contributed by atoms with Crippen LogP contribution < -0.4 is 25.7 Å². The SMILES string of the molecule is COc1ccc(OC)c([C@H]2c3ccc(O)cc3Oc3nc(N)c(C#N)c(N)c32)c1. The molecule has 0 bridgehead atoms. The van der Waals surface area contributed by atoms with E-state index in [1.54, 1.807) is 38.5 Å². The Bertz CT molecular complexity index is 1170. The number of phenolic OH excluding ortho intramolecular Hbond substituents is 1. The average molecular weight is 390 g/mol. The number of fused-ring (bicyclic) bond motifs is 2. The number of hydrogen-bond donors (Lipinski definition) is 3. The number of benzene rings is 2. The molecule has 146 valence electrons. The van der Waals surface area contributed by atoms with Gasteiger partial charge in [0.25, 0.3) is 0 Å². The molecule has 2 aromatic carbocycles. The maximum absolute atomic E-state index is 9.93. The first-order valence-electron chi connectivity index (χ1n) is 8.70. The quantitative estimate of drug-likeness (QED) is 0.485. The Morgan fingerprint density at radius 2 is 1.90 bits per heavy atom. The smallest absolute Gasteiger partial charge is 0.227 e. The van der Waals surface area contributed by atoms with E-state index in [1.807, 2.05) is 12.1 Å². The van der Waals surface area contributed by atoms with Crippen molar-refractivity contribution in [2.24, 2.45) is 0 Å². The van der Waals surface area contributed by atoms with Crippen LogP contribution in [0.3, 0.4) is 0 Å². The lowest BCUT2D eigenvalue weighted by Crippen LogP contribution is -2.18. The Hall–Kier alpha value is -4.12. The molecule has 1 aliphatic heterocycles. The van der Waals surface area contributed by atoms with Gasteiger partial charge in [0.05, 0.1) is 25.5 Å². The summed E-state index contributed by atoms with van der Waals surface area (Å²) in [5.74, 6) is 1.32. The summed E-state index contributed by atoms with van der Waals surface area (Å²) in [6.45, 7) is 0. The Morgan fingerprint density at radius 1 is 1.10 bits per heavy atom. The molecule has 5 N–H and O–H groups in total. The molecule has 0 aliphatic carbocycles. The molecule has 29 heavy (non-hydrogen) atoms. The van der Waals surface area contributed by atoms with Crippen molar-refractivity contribution >= 4 is 11.5 Å². The molecule has 8 nitrogen and oxygen atoms in total. The van der Waals surface area contributed by atoms with E-state index in [2.05, 4.69) is 4.98 Å². The maximum atomic E-state index is 9.93. The predicted octanol–water partition coefficient (Wildman–Crippen LogP) is 3.13. The molecule has 1 aliphatic rings. The van der Waals surface area contributed by atoms with E-state index in [9.17, 15) is 10.4 Å². The number of aromatic nitrogens is 1. The summed E-state index contributed by atoms with van der Waals surface area (Å²) in [7, 11) is 3.13. The second-order valence-corrected chi connectivity index (χ2v) is 6.48. The van der Waals surface area contributed by atoms with Gasteiger partial charge in [0.15, 0.2) is 0 Å². The summed E-state index contributed by atoms with van der Waals surface area (Å²) in [4.78, 5) is 4.25. The van der Waals surface area contributed by atoms with Crippen LogP contribution in [0.1, 0.15) is 28.2 Å². The number of nitrogens with zero attached hydrogens (tertiary/aromatic N) is 2. The first-order chi connectivity index (χ1) is 14.0. The third kappa shape index (κ3) is 2.80. The van der Waals surface area contributed by atoms with Crippen molar-refractivity contribution in [3.63, 3.8) is 0 Å². The average Bonchev–Trinajstić information content (AvgIpc) is 2.71. The van der Waals surface area contributed by atoms with Crippen molar-refractivity contribution in [2.45, 2.75) is 5.92 Å². The fraction of sp³-hybridized carbons (Fsp3) is 0.143. The normalized spacial score (nSPS) is 14.2. The van der Waals surface area contributed by atoms with E-state index in [4.69, 9.17) is 25.7 Å². The van der Waals surface area contributed by atoms with Crippen LogP contribution in [0.4, 0.5) is 11.5 Å². The van der Waals surface area contributed by atoms with Crippen LogP contribution >= 0.6 is 0 Å². The molecule has 0 amide bonds. The highest BCUT2D eigenvalue weighted by atomic mass is 16.5. The minimum atomic E-state index is -0.486. The lowest BCUT2D eigenvalue weighted by Gasteiger charge is -2.30. The molecular formula is C21H18N4O4. The lowest BCUT2D eigenvalue weighted by atomic mass is 9.81. The van der Waals surface area contributed by atoms with E-state index in [0.29, 0.717) is 22.8 Å². The number of hydrogen-bond acceptors (Lipinski definition) is 8. The van der Waals surface area contributed by atoms with Gasteiger partial charge in [-0.25, -0.2) is 0 Å². The number of methoxy groups -OCH3 is 2. The zero-order chi connectivity index (χ0) is 20.7. The Balaban J connectivity index is 2.08. The molecule has 0 unspecified atom stereocenters. The minimum absolute atomic E-state index is 0.0243. The Labute approximate surface area is 166 Å². The molecule has 3 aromatic rings. The van der Waals surface area contributed by atoms with Crippen molar-refractivity contribution < 1.29 is 19.3 Å². The van der Waals surface area contributed by atoms with E-state index in [0.717, 1.165) is 11.1 Å². The summed E-state index contributed by atoms with van der Waals surface area (Å²) < 4.78 is 16.9. The summed E-state index contributed by atoms with van der Waals surface area (Å²) in [5, 5.41) is 19.4. The molecule has 0 fully saturated rings. The van der Waals surface area contributed by atoms with Crippen LogP contribution in [0.5, 0.6) is 28.9 Å². The monoisotopic (exact) mass is 390 g/mol. The van der Waals surface area contributed by atoms with Gasteiger partial charge in [-0.2, -0.15) is 10.2 Å². The molecule has 1 aromatic heterocycles. The van der Waals surface area contributed by atoms with Crippen LogP contribution in [0.15, 0.2) is 36.4 Å². The molecule has 0 radical (unpaired) electrons. The number of anilines is 2. The van der Waals surface area contributed by atoms with Gasteiger partial charge in [0.2, 0.25) is 5.88 Å². The van der Waals surface area contributed by atoms with E-state index in [1.165, 1.54) is 6.07 Å². The predicted molar refractivity (Wildman–Crippen MR) is 106 cm³/mol. The van der Waals surface area contributed by atoms with Crippen molar-refractivity contribution in [3.05, 3.63) is 58.7 Å². The standard InChI is InChI=1S/C21H18N4O4/c1-27-11-4-6-15(28-2)13(8-11)17-12-5-3-10(26)7-16(12)29-21-18(17)19(23)14(9-22)20(24)25-21/h3-8,17,26H,1-2H3,(H4,23,24,25)/t17-/m1/s1. The molecule has 4 rings (SSSR count). The van der Waals surface area contributed by atoms with Crippen LogP contribution in [0, 0.1) is 11.3 Å². The van der Waals surface area contributed by atoms with Crippen LogP contribution in [0.2, 0.25) is 0 Å². The number of aromatic hydroxyl groups is 1. The van der Waals surface area contributed by atoms with Gasteiger partial charge in [-0.05, 0) is 24.3 Å². The van der Waals surface area contributed by atoms with E-state index in [-0.39, 0.29) is 28.7 Å². The van der Waals surface area contributed by atoms with Gasteiger partial charge in [-0.15, -0.1) is 0 Å². The second-order valence-electron chi connectivity index (χ2n) is 6.48. The molecular weight excluding hydrogens is 372 g/mol. The maximum Gasteiger partial charge on any atom is 0.227 e. The summed E-state index contributed by atoms with van der Waals surface area (Å²) in [5.41, 5.74) is 14.5. The molecule has 1 atom stereocenters. The highest BCUT2D eigenvalue weighted by Gasteiger charge is 2.35. The van der Waals surface area contributed by atoms with Crippen LogP contribution in [0.25, 0.3) is 0 Å². The van der Waals surface area contributed by atoms with Gasteiger partial charge in [0, 0.05) is 23.1 Å². The van der Waals surface area contributed by atoms with Gasteiger partial charge >= 0.3 is 0 Å². The third-order valence-corrected chi connectivity index (χ3v) is 4.93. The first-order valence-corrected chi connectivity index (χ1v) is 8.70. The largest absolute Gasteiger partial charge is 0.508 e. The highest BCUT2D eigenvalue weighted by molar-refractivity contribution is 5.76. The minimum Gasteiger partial charge on any atom is -0.508 e. The fourth-order valence-corrected chi connectivity index (χ4v) is 3.59. The molecule has 0 saturated heterocycles. The van der Waals surface area contributed by atoms with Gasteiger partial charge in [0.1, 0.15) is 40.4 Å². The third-order valence-electron chi connectivity index (χ3n) is 4.93. The fourth-order valence-electron chi connectivity index (χ4n) is 3.59. The second kappa shape index (κ2) is 6.80. The van der Waals surface area contributed by atoms with Crippen molar-refractivity contribution in [3.8, 4) is 34.9 Å². The zero-order valence-corrected chi connectivity index (χ0v) is 15.8. The topological polar surface area (TPSA) is 137 Å². The molecule has 0 spiro atoms. The van der Waals surface area contributed by atoms with Gasteiger partial charge in [-0.1, -0.05) is 6.07 Å². The molecule has 0 saturated carbocycles.